The average Bonchev–Trinajstić information content (AvgIpc) is 2.45. The Hall–Kier alpha value is -1.02. The lowest BCUT2D eigenvalue weighted by atomic mass is 9.92. The number of halogens is 2. The number of benzene rings is 2. The Labute approximate surface area is 137 Å². The van der Waals surface area contributed by atoms with Gasteiger partial charge in [-0.3, -0.25) is 0 Å². The molecule has 1 nitrogen and oxygen atoms in total. The summed E-state index contributed by atoms with van der Waals surface area (Å²) in [4.78, 5) is 0. The summed E-state index contributed by atoms with van der Waals surface area (Å²) >= 11 is 12.4. The number of nitrogens with one attached hydrogen (secondary N) is 1. The Bertz CT molecular complexity index is 578. The Morgan fingerprint density at radius 3 is 2.38 bits per heavy atom. The molecule has 0 aliphatic carbocycles. The minimum absolute atomic E-state index is 0.494. The van der Waals surface area contributed by atoms with Crippen molar-refractivity contribution in [1.29, 1.82) is 0 Å². The minimum Gasteiger partial charge on any atom is -0.319 e. The van der Waals surface area contributed by atoms with Crippen molar-refractivity contribution in [2.24, 2.45) is 5.92 Å². The first kappa shape index (κ1) is 16.4. The van der Waals surface area contributed by atoms with Crippen LogP contribution in [0.2, 0.25) is 10.0 Å². The van der Waals surface area contributed by atoms with Crippen LogP contribution in [0.4, 0.5) is 0 Å². The van der Waals surface area contributed by atoms with E-state index in [1.54, 1.807) is 0 Å². The van der Waals surface area contributed by atoms with Gasteiger partial charge in [-0.2, -0.15) is 0 Å². The third-order valence-corrected chi connectivity index (χ3v) is 4.26. The molecule has 0 bridgehead atoms. The summed E-state index contributed by atoms with van der Waals surface area (Å²) in [6, 6.07) is 14.4. The summed E-state index contributed by atoms with van der Waals surface area (Å²) in [5, 5.41) is 4.82. The van der Waals surface area contributed by atoms with E-state index in [1.165, 1.54) is 11.1 Å². The highest BCUT2D eigenvalue weighted by Gasteiger charge is 2.12. The molecule has 0 radical (unpaired) electrons. The van der Waals surface area contributed by atoms with E-state index in [0.717, 1.165) is 35.0 Å². The number of rotatable bonds is 6. The zero-order valence-electron chi connectivity index (χ0n) is 12.5. The molecule has 0 amide bonds. The van der Waals surface area contributed by atoms with Crippen molar-refractivity contribution in [2.45, 2.75) is 19.8 Å². The van der Waals surface area contributed by atoms with E-state index in [0.29, 0.717) is 5.92 Å². The number of aryl methyl sites for hydroxylation is 1. The van der Waals surface area contributed by atoms with E-state index < -0.39 is 0 Å². The molecule has 21 heavy (non-hydrogen) atoms. The fraction of sp³-hybridized carbons (Fsp3) is 0.333. The van der Waals surface area contributed by atoms with Crippen LogP contribution in [-0.2, 0) is 12.8 Å². The lowest BCUT2D eigenvalue weighted by Gasteiger charge is -2.18. The van der Waals surface area contributed by atoms with Crippen molar-refractivity contribution >= 4 is 23.2 Å². The third-order valence-electron chi connectivity index (χ3n) is 3.65. The highest BCUT2D eigenvalue weighted by atomic mass is 35.5. The molecular weight excluding hydrogens is 301 g/mol. The molecule has 1 N–H and O–H groups in total. The Kier molecular flexibility index (Phi) is 6.10. The van der Waals surface area contributed by atoms with Gasteiger partial charge in [-0.15, -0.1) is 0 Å². The molecule has 0 fully saturated rings. The van der Waals surface area contributed by atoms with Crippen LogP contribution in [-0.4, -0.2) is 13.6 Å². The van der Waals surface area contributed by atoms with E-state index in [-0.39, 0.29) is 0 Å². The fourth-order valence-corrected chi connectivity index (χ4v) is 2.96. The summed E-state index contributed by atoms with van der Waals surface area (Å²) in [6.45, 7) is 3.07. The molecule has 2 aromatic carbocycles. The zero-order chi connectivity index (χ0) is 15.2. The van der Waals surface area contributed by atoms with Crippen LogP contribution in [0, 0.1) is 12.8 Å². The van der Waals surface area contributed by atoms with Crippen molar-refractivity contribution in [3.8, 4) is 0 Å². The standard InChI is InChI=1S/C18H21Cl2N/c1-13-3-5-14(6-4-13)9-15(12-21-2)10-16-11-17(19)7-8-18(16)20/h3-8,11,15,21H,9-10,12H2,1-2H3. The van der Waals surface area contributed by atoms with Gasteiger partial charge in [0.05, 0.1) is 0 Å². The average molecular weight is 322 g/mol. The maximum atomic E-state index is 6.29. The smallest absolute Gasteiger partial charge is 0.0439 e. The Morgan fingerprint density at radius 2 is 1.71 bits per heavy atom. The second kappa shape index (κ2) is 7.84. The Morgan fingerprint density at radius 1 is 1.00 bits per heavy atom. The van der Waals surface area contributed by atoms with Crippen molar-refractivity contribution in [1.82, 2.24) is 5.32 Å². The topological polar surface area (TPSA) is 12.0 Å². The zero-order valence-corrected chi connectivity index (χ0v) is 14.0. The van der Waals surface area contributed by atoms with Gasteiger partial charge in [0.15, 0.2) is 0 Å². The van der Waals surface area contributed by atoms with Crippen LogP contribution in [0.5, 0.6) is 0 Å². The molecule has 1 atom stereocenters. The molecule has 0 saturated heterocycles. The molecule has 112 valence electrons. The van der Waals surface area contributed by atoms with Gasteiger partial charge < -0.3 is 5.32 Å². The van der Waals surface area contributed by atoms with E-state index in [9.17, 15) is 0 Å². The number of hydrogen-bond acceptors (Lipinski definition) is 1. The van der Waals surface area contributed by atoms with Crippen LogP contribution >= 0.6 is 23.2 Å². The summed E-state index contributed by atoms with van der Waals surface area (Å²) in [6.07, 6.45) is 1.96. The number of hydrogen-bond donors (Lipinski definition) is 1. The summed E-state index contributed by atoms with van der Waals surface area (Å²) in [7, 11) is 1.99. The quantitative estimate of drug-likeness (QED) is 0.796. The van der Waals surface area contributed by atoms with Crippen LogP contribution in [0.1, 0.15) is 16.7 Å². The largest absolute Gasteiger partial charge is 0.319 e. The third kappa shape index (κ3) is 5.03. The van der Waals surface area contributed by atoms with Crippen LogP contribution < -0.4 is 5.32 Å². The van der Waals surface area contributed by atoms with Crippen LogP contribution in [0.25, 0.3) is 0 Å². The van der Waals surface area contributed by atoms with Gasteiger partial charge in [0.1, 0.15) is 0 Å². The van der Waals surface area contributed by atoms with Crippen LogP contribution in [0.15, 0.2) is 42.5 Å². The minimum atomic E-state index is 0.494. The van der Waals surface area contributed by atoms with E-state index in [4.69, 9.17) is 23.2 Å². The van der Waals surface area contributed by atoms with Crippen LogP contribution in [0.3, 0.4) is 0 Å². The first-order valence-corrected chi connectivity index (χ1v) is 7.98. The summed E-state index contributed by atoms with van der Waals surface area (Å²) in [5.74, 6) is 0.494. The van der Waals surface area contributed by atoms with Gasteiger partial charge >= 0.3 is 0 Å². The monoisotopic (exact) mass is 321 g/mol. The van der Waals surface area contributed by atoms with E-state index >= 15 is 0 Å². The summed E-state index contributed by atoms with van der Waals surface area (Å²) < 4.78 is 0. The predicted molar refractivity (Wildman–Crippen MR) is 92.5 cm³/mol. The van der Waals surface area contributed by atoms with Gasteiger partial charge in [-0.05, 0) is 68.6 Å². The van der Waals surface area contributed by atoms with Gasteiger partial charge in [0.2, 0.25) is 0 Å². The van der Waals surface area contributed by atoms with Gasteiger partial charge in [0.25, 0.3) is 0 Å². The molecule has 0 aromatic heterocycles. The van der Waals surface area contributed by atoms with Gasteiger partial charge in [0, 0.05) is 10.0 Å². The molecule has 0 saturated carbocycles. The van der Waals surface area contributed by atoms with E-state index in [2.05, 4.69) is 36.5 Å². The van der Waals surface area contributed by atoms with Gasteiger partial charge in [-0.25, -0.2) is 0 Å². The molecule has 2 aromatic rings. The Balaban J connectivity index is 2.11. The molecule has 0 spiro atoms. The molecule has 0 heterocycles. The first-order valence-electron chi connectivity index (χ1n) is 7.22. The van der Waals surface area contributed by atoms with Crippen molar-refractivity contribution < 1.29 is 0 Å². The molecule has 3 heteroatoms. The first-order chi connectivity index (χ1) is 10.1. The van der Waals surface area contributed by atoms with Crippen molar-refractivity contribution in [3.05, 3.63) is 69.2 Å². The predicted octanol–water partition coefficient (Wildman–Crippen LogP) is 4.92. The maximum Gasteiger partial charge on any atom is 0.0439 e. The molecule has 2 rings (SSSR count). The fourth-order valence-electron chi connectivity index (χ4n) is 2.57. The highest BCUT2D eigenvalue weighted by Crippen LogP contribution is 2.24. The lowest BCUT2D eigenvalue weighted by Crippen LogP contribution is -2.23. The SMILES string of the molecule is CNCC(Cc1ccc(C)cc1)Cc1cc(Cl)ccc1Cl. The summed E-state index contributed by atoms with van der Waals surface area (Å²) in [5.41, 5.74) is 3.78. The van der Waals surface area contributed by atoms with E-state index in [1.807, 2.05) is 25.2 Å². The maximum absolute atomic E-state index is 6.29. The molecular formula is C18H21Cl2N. The van der Waals surface area contributed by atoms with Crippen molar-refractivity contribution in [2.75, 3.05) is 13.6 Å². The molecule has 1 unspecified atom stereocenters. The van der Waals surface area contributed by atoms with Crippen molar-refractivity contribution in [3.63, 3.8) is 0 Å². The lowest BCUT2D eigenvalue weighted by molar-refractivity contribution is 0.493. The second-order valence-electron chi connectivity index (χ2n) is 5.55. The van der Waals surface area contributed by atoms with Gasteiger partial charge in [-0.1, -0.05) is 53.0 Å². The normalized spacial score (nSPS) is 12.4. The second-order valence-corrected chi connectivity index (χ2v) is 6.40. The molecule has 0 aliphatic heterocycles. The highest BCUT2D eigenvalue weighted by molar-refractivity contribution is 6.33. The molecule has 0 aliphatic rings.